The predicted molar refractivity (Wildman–Crippen MR) is 99.3 cm³/mol. The van der Waals surface area contributed by atoms with Crippen molar-refractivity contribution in [2.75, 3.05) is 6.54 Å². The quantitative estimate of drug-likeness (QED) is 0.656. The minimum atomic E-state index is -0.213. The second-order valence-electron chi connectivity index (χ2n) is 5.79. The summed E-state index contributed by atoms with van der Waals surface area (Å²) < 4.78 is 13.8. The molecule has 2 aromatic carbocycles. The zero-order valence-corrected chi connectivity index (χ0v) is 14.8. The van der Waals surface area contributed by atoms with E-state index in [0.717, 1.165) is 23.4 Å². The summed E-state index contributed by atoms with van der Waals surface area (Å²) in [5, 5.41) is 5.54. The number of hydrogen-bond acceptors (Lipinski definition) is 3. The van der Waals surface area contributed by atoms with Crippen molar-refractivity contribution in [3.8, 4) is 11.1 Å². The first kappa shape index (κ1) is 17.3. The van der Waals surface area contributed by atoms with Crippen LogP contribution in [0.3, 0.4) is 0 Å². The Labute approximate surface area is 150 Å². The molecule has 0 atom stereocenters. The van der Waals surface area contributed by atoms with Gasteiger partial charge in [0.25, 0.3) is 5.91 Å². The maximum absolute atomic E-state index is 13.8. The Bertz CT molecular complexity index is 858. The maximum Gasteiger partial charge on any atom is 0.270 e. The zero-order valence-electron chi connectivity index (χ0n) is 14.0. The van der Waals surface area contributed by atoms with Crippen molar-refractivity contribution in [3.05, 3.63) is 76.0 Å². The first-order valence-corrected chi connectivity index (χ1v) is 9.05. The molecule has 0 radical (unpaired) electrons. The van der Waals surface area contributed by atoms with Gasteiger partial charge >= 0.3 is 0 Å². The van der Waals surface area contributed by atoms with Crippen LogP contribution in [0.4, 0.5) is 4.39 Å². The summed E-state index contributed by atoms with van der Waals surface area (Å²) in [4.78, 5) is 16.1. The SMILES string of the molecule is Cc1nc(C(=O)NCCCc2ccc(-c3ccccc3F)cc2)cs1. The first-order valence-electron chi connectivity index (χ1n) is 8.17. The highest BCUT2D eigenvalue weighted by molar-refractivity contribution is 7.09. The standard InChI is InChI=1S/C20H19FN2OS/c1-14-23-19(13-25-14)20(24)22-12-4-5-15-8-10-16(11-9-15)17-6-2-3-7-18(17)21/h2-3,6-11,13H,4-5,12H2,1H3,(H,22,24). The second kappa shape index (κ2) is 8.03. The molecular formula is C20H19FN2OS. The van der Waals surface area contributed by atoms with Gasteiger partial charge in [-0.15, -0.1) is 11.3 Å². The minimum absolute atomic E-state index is 0.126. The molecule has 0 bridgehead atoms. The van der Waals surface area contributed by atoms with Crippen molar-refractivity contribution < 1.29 is 9.18 Å². The van der Waals surface area contributed by atoms with Gasteiger partial charge in [-0.05, 0) is 37.0 Å². The number of benzene rings is 2. The molecule has 1 heterocycles. The molecule has 0 aliphatic heterocycles. The lowest BCUT2D eigenvalue weighted by molar-refractivity contribution is 0.0949. The van der Waals surface area contributed by atoms with Gasteiger partial charge in [0.1, 0.15) is 11.5 Å². The third-order valence-electron chi connectivity index (χ3n) is 3.92. The summed E-state index contributed by atoms with van der Waals surface area (Å²) in [6, 6.07) is 14.7. The van der Waals surface area contributed by atoms with Crippen molar-refractivity contribution >= 4 is 17.2 Å². The van der Waals surface area contributed by atoms with Gasteiger partial charge in [0.05, 0.1) is 5.01 Å². The number of halogens is 1. The number of carbonyl (C=O) groups is 1. The van der Waals surface area contributed by atoms with Crippen molar-refractivity contribution in [2.45, 2.75) is 19.8 Å². The number of thiazole rings is 1. The monoisotopic (exact) mass is 354 g/mol. The van der Waals surface area contributed by atoms with E-state index >= 15 is 0 Å². The van der Waals surface area contributed by atoms with Crippen LogP contribution in [0.5, 0.6) is 0 Å². The van der Waals surface area contributed by atoms with Crippen LogP contribution in [-0.4, -0.2) is 17.4 Å². The molecule has 0 unspecified atom stereocenters. The Morgan fingerprint density at radius 3 is 2.60 bits per heavy atom. The highest BCUT2D eigenvalue weighted by atomic mass is 32.1. The van der Waals surface area contributed by atoms with Crippen LogP contribution in [0.15, 0.2) is 53.9 Å². The van der Waals surface area contributed by atoms with E-state index in [1.165, 1.54) is 23.0 Å². The molecule has 3 aromatic rings. The number of carbonyl (C=O) groups excluding carboxylic acids is 1. The van der Waals surface area contributed by atoms with Crippen LogP contribution in [0, 0.1) is 12.7 Å². The Morgan fingerprint density at radius 1 is 1.16 bits per heavy atom. The topological polar surface area (TPSA) is 42.0 Å². The molecule has 25 heavy (non-hydrogen) atoms. The summed E-state index contributed by atoms with van der Waals surface area (Å²) in [7, 11) is 0. The molecule has 0 saturated carbocycles. The third kappa shape index (κ3) is 4.51. The Morgan fingerprint density at radius 2 is 1.92 bits per heavy atom. The number of aromatic nitrogens is 1. The van der Waals surface area contributed by atoms with Gasteiger partial charge in [-0.1, -0.05) is 42.5 Å². The molecule has 5 heteroatoms. The molecule has 1 N–H and O–H groups in total. The van der Waals surface area contributed by atoms with Crippen LogP contribution in [0.2, 0.25) is 0 Å². The van der Waals surface area contributed by atoms with E-state index < -0.39 is 0 Å². The summed E-state index contributed by atoms with van der Waals surface area (Å²) in [5.74, 6) is -0.338. The summed E-state index contributed by atoms with van der Waals surface area (Å²) >= 11 is 1.47. The molecule has 1 amide bonds. The molecule has 0 spiro atoms. The van der Waals surface area contributed by atoms with Gasteiger partial charge in [0.15, 0.2) is 0 Å². The molecule has 3 nitrogen and oxygen atoms in total. The maximum atomic E-state index is 13.8. The van der Waals surface area contributed by atoms with Gasteiger partial charge < -0.3 is 5.32 Å². The van der Waals surface area contributed by atoms with E-state index in [2.05, 4.69) is 10.3 Å². The molecule has 0 aliphatic carbocycles. The number of rotatable bonds is 6. The van der Waals surface area contributed by atoms with Crippen molar-refractivity contribution in [2.24, 2.45) is 0 Å². The average Bonchev–Trinajstić information content (AvgIpc) is 3.06. The third-order valence-corrected chi connectivity index (χ3v) is 4.69. The highest BCUT2D eigenvalue weighted by Crippen LogP contribution is 2.23. The van der Waals surface area contributed by atoms with E-state index in [9.17, 15) is 9.18 Å². The Kier molecular flexibility index (Phi) is 5.56. The lowest BCUT2D eigenvalue weighted by atomic mass is 10.0. The molecule has 0 saturated heterocycles. The Hall–Kier alpha value is -2.53. The summed E-state index contributed by atoms with van der Waals surface area (Å²) in [6.07, 6.45) is 1.70. The highest BCUT2D eigenvalue weighted by Gasteiger charge is 2.08. The molecule has 128 valence electrons. The summed E-state index contributed by atoms with van der Waals surface area (Å²) in [5.41, 5.74) is 3.13. The van der Waals surface area contributed by atoms with Crippen molar-refractivity contribution in [1.29, 1.82) is 0 Å². The number of nitrogens with one attached hydrogen (secondary N) is 1. The van der Waals surface area contributed by atoms with Crippen LogP contribution >= 0.6 is 11.3 Å². The molecular weight excluding hydrogens is 335 g/mol. The van der Waals surface area contributed by atoms with Crippen LogP contribution < -0.4 is 5.32 Å². The van der Waals surface area contributed by atoms with Gasteiger partial charge in [-0.2, -0.15) is 0 Å². The van der Waals surface area contributed by atoms with E-state index in [1.54, 1.807) is 17.5 Å². The molecule has 3 rings (SSSR count). The van der Waals surface area contributed by atoms with Crippen molar-refractivity contribution in [3.63, 3.8) is 0 Å². The normalized spacial score (nSPS) is 10.6. The number of nitrogens with zero attached hydrogens (tertiary/aromatic N) is 1. The number of hydrogen-bond donors (Lipinski definition) is 1. The number of amides is 1. The fourth-order valence-corrected chi connectivity index (χ4v) is 3.19. The zero-order chi connectivity index (χ0) is 17.6. The van der Waals surface area contributed by atoms with Crippen molar-refractivity contribution in [1.82, 2.24) is 10.3 Å². The van der Waals surface area contributed by atoms with Gasteiger partial charge in [-0.25, -0.2) is 9.37 Å². The molecule has 0 aliphatic rings. The fraction of sp³-hybridized carbons (Fsp3) is 0.200. The van der Waals surface area contributed by atoms with E-state index in [4.69, 9.17) is 0 Å². The summed E-state index contributed by atoms with van der Waals surface area (Å²) in [6.45, 7) is 2.48. The van der Waals surface area contributed by atoms with Crippen LogP contribution in [0.25, 0.3) is 11.1 Å². The molecule has 0 fully saturated rings. The minimum Gasteiger partial charge on any atom is -0.351 e. The fourth-order valence-electron chi connectivity index (χ4n) is 2.60. The first-order chi connectivity index (χ1) is 12.1. The lowest BCUT2D eigenvalue weighted by Crippen LogP contribution is -2.25. The lowest BCUT2D eigenvalue weighted by Gasteiger charge is -2.06. The van der Waals surface area contributed by atoms with Gasteiger partial charge in [0, 0.05) is 17.5 Å². The van der Waals surface area contributed by atoms with Gasteiger partial charge in [0.2, 0.25) is 0 Å². The van der Waals surface area contributed by atoms with Gasteiger partial charge in [-0.3, -0.25) is 4.79 Å². The second-order valence-corrected chi connectivity index (χ2v) is 6.85. The number of aryl methyl sites for hydroxylation is 2. The van der Waals surface area contributed by atoms with Crippen LogP contribution in [-0.2, 0) is 6.42 Å². The smallest absolute Gasteiger partial charge is 0.270 e. The van der Waals surface area contributed by atoms with E-state index in [0.29, 0.717) is 17.8 Å². The average molecular weight is 354 g/mol. The van der Waals surface area contributed by atoms with E-state index in [1.807, 2.05) is 37.3 Å². The van der Waals surface area contributed by atoms with Crippen LogP contribution in [0.1, 0.15) is 27.5 Å². The largest absolute Gasteiger partial charge is 0.351 e. The predicted octanol–water partition coefficient (Wildman–Crippen LogP) is 4.62. The van der Waals surface area contributed by atoms with E-state index in [-0.39, 0.29) is 11.7 Å². The Balaban J connectivity index is 1.49. The molecule has 1 aromatic heterocycles.